The van der Waals surface area contributed by atoms with Crippen molar-refractivity contribution in [2.24, 2.45) is 16.8 Å². The number of amidine groups is 1. The monoisotopic (exact) mass is 376 g/mol. The second-order valence-corrected chi connectivity index (χ2v) is 6.33. The SMILES string of the molecule is CCc1nn(Cc2c(Cl)cccc2Cl)c2cc(/C(=N/N)NN)ccc12. The quantitative estimate of drug-likeness (QED) is 0.282. The van der Waals surface area contributed by atoms with Crippen molar-refractivity contribution >= 4 is 39.9 Å². The summed E-state index contributed by atoms with van der Waals surface area (Å²) < 4.78 is 1.88. The van der Waals surface area contributed by atoms with Crippen LogP contribution >= 0.6 is 23.2 Å². The zero-order chi connectivity index (χ0) is 18.0. The lowest BCUT2D eigenvalue weighted by molar-refractivity contribution is 0.696. The molecule has 25 heavy (non-hydrogen) atoms. The second kappa shape index (κ2) is 7.31. The van der Waals surface area contributed by atoms with Crippen LogP contribution in [-0.2, 0) is 13.0 Å². The standard InChI is InChI=1S/C17H18Cl2N6/c1-2-15-11-7-6-10(17(22-20)23-21)8-16(11)25(24-15)9-12-13(18)4-3-5-14(12)19/h3-8H,2,9,20-21H2,1H3,(H,22,23). The highest BCUT2D eigenvalue weighted by Gasteiger charge is 2.14. The molecule has 0 atom stereocenters. The Kier molecular flexibility index (Phi) is 5.13. The van der Waals surface area contributed by atoms with Crippen molar-refractivity contribution < 1.29 is 0 Å². The molecule has 0 saturated heterocycles. The number of nitrogens with two attached hydrogens (primary N) is 2. The van der Waals surface area contributed by atoms with Crippen molar-refractivity contribution in [1.82, 2.24) is 15.2 Å². The number of hydrogen-bond donors (Lipinski definition) is 3. The summed E-state index contributed by atoms with van der Waals surface area (Å²) in [6.07, 6.45) is 0.812. The number of aryl methyl sites for hydroxylation is 1. The third-order valence-electron chi connectivity index (χ3n) is 4.07. The van der Waals surface area contributed by atoms with Gasteiger partial charge in [-0.1, -0.05) is 48.3 Å². The van der Waals surface area contributed by atoms with Gasteiger partial charge in [0.2, 0.25) is 0 Å². The van der Waals surface area contributed by atoms with E-state index in [1.807, 2.05) is 41.1 Å². The molecule has 3 rings (SSSR count). The van der Waals surface area contributed by atoms with Gasteiger partial charge in [0.05, 0.1) is 17.8 Å². The van der Waals surface area contributed by atoms with Gasteiger partial charge >= 0.3 is 0 Å². The summed E-state index contributed by atoms with van der Waals surface area (Å²) in [6.45, 7) is 2.53. The number of nitrogens with zero attached hydrogens (tertiary/aromatic N) is 3. The lowest BCUT2D eigenvalue weighted by Gasteiger charge is -2.09. The summed E-state index contributed by atoms with van der Waals surface area (Å²) in [4.78, 5) is 0. The molecule has 3 aromatic rings. The number of aromatic nitrogens is 2. The molecule has 0 saturated carbocycles. The molecular formula is C17H18Cl2N6. The third kappa shape index (κ3) is 3.28. The highest BCUT2D eigenvalue weighted by atomic mass is 35.5. The maximum atomic E-state index is 6.31. The number of nitrogens with one attached hydrogen (secondary N) is 1. The molecule has 0 aliphatic carbocycles. The van der Waals surface area contributed by atoms with Gasteiger partial charge in [-0.25, -0.2) is 5.84 Å². The maximum Gasteiger partial charge on any atom is 0.166 e. The number of hydrazine groups is 1. The molecule has 0 unspecified atom stereocenters. The average Bonchev–Trinajstić information content (AvgIpc) is 2.96. The van der Waals surface area contributed by atoms with Crippen molar-refractivity contribution in [1.29, 1.82) is 0 Å². The number of halogens is 2. The Morgan fingerprint density at radius 1 is 1.24 bits per heavy atom. The molecule has 0 bridgehead atoms. The molecule has 0 fully saturated rings. The fourth-order valence-electron chi connectivity index (χ4n) is 2.80. The summed E-state index contributed by atoms with van der Waals surface area (Å²) in [5.74, 6) is 11.2. The molecule has 0 aliphatic rings. The van der Waals surface area contributed by atoms with Crippen molar-refractivity contribution in [3.05, 3.63) is 63.3 Å². The average molecular weight is 377 g/mol. The number of hydrogen-bond acceptors (Lipinski definition) is 4. The zero-order valence-corrected chi connectivity index (χ0v) is 15.1. The highest BCUT2D eigenvalue weighted by molar-refractivity contribution is 6.36. The van der Waals surface area contributed by atoms with Crippen LogP contribution in [0.15, 0.2) is 41.5 Å². The van der Waals surface area contributed by atoms with E-state index >= 15 is 0 Å². The smallest absolute Gasteiger partial charge is 0.166 e. The first kappa shape index (κ1) is 17.5. The summed E-state index contributed by atoms with van der Waals surface area (Å²) in [5, 5.41) is 10.7. The highest BCUT2D eigenvalue weighted by Crippen LogP contribution is 2.28. The van der Waals surface area contributed by atoms with Crippen LogP contribution in [0.1, 0.15) is 23.7 Å². The third-order valence-corrected chi connectivity index (χ3v) is 4.78. The van der Waals surface area contributed by atoms with Gasteiger partial charge in [0.25, 0.3) is 0 Å². The molecule has 130 valence electrons. The van der Waals surface area contributed by atoms with Crippen LogP contribution < -0.4 is 17.1 Å². The predicted octanol–water partition coefficient (Wildman–Crippen LogP) is 3.04. The topological polar surface area (TPSA) is 94.2 Å². The molecule has 8 heteroatoms. The van der Waals surface area contributed by atoms with Crippen LogP contribution in [0.5, 0.6) is 0 Å². The molecule has 1 heterocycles. The Bertz CT molecular complexity index is 927. The fourth-order valence-corrected chi connectivity index (χ4v) is 3.32. The van der Waals surface area contributed by atoms with Crippen LogP contribution in [0.25, 0.3) is 10.9 Å². The Labute approximate surface area is 155 Å². The molecule has 6 nitrogen and oxygen atoms in total. The molecular weight excluding hydrogens is 359 g/mol. The second-order valence-electron chi connectivity index (χ2n) is 5.51. The minimum Gasteiger partial charge on any atom is -0.321 e. The van der Waals surface area contributed by atoms with Gasteiger partial charge in [-0.05, 0) is 24.6 Å². The molecule has 1 aromatic heterocycles. The van der Waals surface area contributed by atoms with Crippen molar-refractivity contribution in [3.63, 3.8) is 0 Å². The lowest BCUT2D eigenvalue weighted by atomic mass is 10.1. The molecule has 0 aliphatic heterocycles. The summed E-state index contributed by atoms with van der Waals surface area (Å²) in [7, 11) is 0. The van der Waals surface area contributed by atoms with Gasteiger partial charge in [-0.15, -0.1) is 0 Å². The van der Waals surface area contributed by atoms with E-state index in [9.17, 15) is 0 Å². The first-order valence-electron chi connectivity index (χ1n) is 7.76. The van der Waals surface area contributed by atoms with E-state index in [2.05, 4.69) is 17.5 Å². The largest absolute Gasteiger partial charge is 0.321 e. The maximum absolute atomic E-state index is 6.31. The van der Waals surface area contributed by atoms with E-state index in [1.165, 1.54) is 0 Å². The number of fused-ring (bicyclic) bond motifs is 1. The van der Waals surface area contributed by atoms with Gasteiger partial charge in [-0.3, -0.25) is 4.68 Å². The van der Waals surface area contributed by atoms with Gasteiger partial charge in [0.15, 0.2) is 5.84 Å². The fraction of sp³-hybridized carbons (Fsp3) is 0.176. The van der Waals surface area contributed by atoms with Gasteiger partial charge in [0, 0.05) is 26.6 Å². The minimum atomic E-state index is 0.392. The Hall–Kier alpha value is -2.28. The normalized spacial score (nSPS) is 11.9. The minimum absolute atomic E-state index is 0.392. The van der Waals surface area contributed by atoms with Gasteiger partial charge < -0.3 is 11.3 Å². The van der Waals surface area contributed by atoms with Gasteiger partial charge in [0.1, 0.15) is 0 Å². The Balaban J connectivity index is 2.15. The molecule has 0 radical (unpaired) electrons. The first-order chi connectivity index (χ1) is 12.1. The van der Waals surface area contributed by atoms with Crippen molar-refractivity contribution in [2.75, 3.05) is 0 Å². The Morgan fingerprint density at radius 3 is 2.56 bits per heavy atom. The zero-order valence-electron chi connectivity index (χ0n) is 13.6. The summed E-state index contributed by atoms with van der Waals surface area (Å²) in [6, 6.07) is 11.3. The molecule has 5 N–H and O–H groups in total. The van der Waals surface area contributed by atoms with E-state index in [-0.39, 0.29) is 0 Å². The number of benzene rings is 2. The van der Waals surface area contributed by atoms with Crippen molar-refractivity contribution in [2.45, 2.75) is 19.9 Å². The predicted molar refractivity (Wildman–Crippen MR) is 103 cm³/mol. The van der Waals surface area contributed by atoms with Gasteiger partial charge in [-0.2, -0.15) is 10.2 Å². The van der Waals surface area contributed by atoms with Crippen LogP contribution in [0.3, 0.4) is 0 Å². The van der Waals surface area contributed by atoms with E-state index in [0.29, 0.717) is 22.4 Å². The van der Waals surface area contributed by atoms with E-state index in [1.54, 1.807) is 0 Å². The van der Waals surface area contributed by atoms with E-state index in [0.717, 1.165) is 34.1 Å². The molecule has 0 amide bonds. The number of hydrazone groups is 1. The first-order valence-corrected chi connectivity index (χ1v) is 8.51. The van der Waals surface area contributed by atoms with Crippen LogP contribution in [0.4, 0.5) is 0 Å². The molecule has 2 aromatic carbocycles. The summed E-state index contributed by atoms with van der Waals surface area (Å²) in [5.41, 5.74) is 6.02. The number of rotatable bonds is 4. The van der Waals surface area contributed by atoms with E-state index in [4.69, 9.17) is 40.0 Å². The molecule has 0 spiro atoms. The van der Waals surface area contributed by atoms with Crippen LogP contribution in [0, 0.1) is 0 Å². The van der Waals surface area contributed by atoms with Crippen LogP contribution in [0.2, 0.25) is 10.0 Å². The lowest BCUT2D eigenvalue weighted by Crippen LogP contribution is -2.32. The Morgan fingerprint density at radius 2 is 1.96 bits per heavy atom. The van der Waals surface area contributed by atoms with Crippen molar-refractivity contribution in [3.8, 4) is 0 Å². The summed E-state index contributed by atoms with van der Waals surface area (Å²) >= 11 is 12.6. The van der Waals surface area contributed by atoms with E-state index < -0.39 is 0 Å². The van der Waals surface area contributed by atoms with Crippen LogP contribution in [-0.4, -0.2) is 15.6 Å².